The van der Waals surface area contributed by atoms with Crippen molar-refractivity contribution in [1.29, 1.82) is 5.26 Å². The minimum atomic E-state index is -0.957. The highest BCUT2D eigenvalue weighted by Gasteiger charge is 2.26. The predicted octanol–water partition coefficient (Wildman–Crippen LogP) is 3.22. The quantitative estimate of drug-likeness (QED) is 0.563. The summed E-state index contributed by atoms with van der Waals surface area (Å²) in [5.74, 6) is -1.30. The average Bonchev–Trinajstić information content (AvgIpc) is 3.27. The summed E-state index contributed by atoms with van der Waals surface area (Å²) in [4.78, 5) is 25.8. The molecule has 0 aliphatic carbocycles. The lowest BCUT2D eigenvalue weighted by Gasteiger charge is -2.16. The molecule has 0 saturated heterocycles. The third-order valence-electron chi connectivity index (χ3n) is 4.91. The second-order valence-electron chi connectivity index (χ2n) is 6.63. The standard InChI is InChI=1S/C22H17N3O3/c23-12-16(22(28)25-10-9-15-5-1-3-7-19(15)25)11-17-13-24(14-21(26)27)20-8-4-2-6-18(17)20/h1-8,11,13H,9-10,14H2,(H,26,27)/b16-11+. The van der Waals surface area contributed by atoms with E-state index in [0.717, 1.165) is 28.6 Å². The zero-order valence-electron chi connectivity index (χ0n) is 15.0. The second kappa shape index (κ2) is 7.05. The van der Waals surface area contributed by atoms with E-state index in [1.807, 2.05) is 54.6 Å². The van der Waals surface area contributed by atoms with Gasteiger partial charge in [0.25, 0.3) is 5.91 Å². The average molecular weight is 371 g/mol. The van der Waals surface area contributed by atoms with E-state index in [0.29, 0.717) is 12.1 Å². The van der Waals surface area contributed by atoms with E-state index in [-0.39, 0.29) is 18.0 Å². The minimum absolute atomic E-state index is 0.0231. The Morgan fingerprint density at radius 3 is 2.68 bits per heavy atom. The number of anilines is 1. The molecule has 6 nitrogen and oxygen atoms in total. The number of aliphatic carboxylic acids is 1. The molecule has 0 bridgehead atoms. The van der Waals surface area contributed by atoms with Crippen LogP contribution in [-0.4, -0.2) is 28.1 Å². The van der Waals surface area contributed by atoms with E-state index < -0.39 is 5.97 Å². The molecular formula is C22H17N3O3. The number of fused-ring (bicyclic) bond motifs is 2. The van der Waals surface area contributed by atoms with Crippen molar-refractivity contribution in [3.8, 4) is 6.07 Å². The molecule has 2 heterocycles. The number of carbonyl (C=O) groups is 2. The number of nitriles is 1. The van der Waals surface area contributed by atoms with Gasteiger partial charge in [-0.1, -0.05) is 36.4 Å². The lowest BCUT2D eigenvalue weighted by atomic mass is 10.1. The first-order chi connectivity index (χ1) is 13.6. The third-order valence-corrected chi connectivity index (χ3v) is 4.91. The summed E-state index contributed by atoms with van der Waals surface area (Å²) in [5, 5.41) is 19.6. The normalized spacial score (nSPS) is 13.4. The van der Waals surface area contributed by atoms with Crippen molar-refractivity contribution < 1.29 is 14.7 Å². The number of hydrogen-bond acceptors (Lipinski definition) is 3. The predicted molar refractivity (Wildman–Crippen MR) is 106 cm³/mol. The van der Waals surface area contributed by atoms with Crippen molar-refractivity contribution in [1.82, 2.24) is 4.57 Å². The van der Waals surface area contributed by atoms with Crippen LogP contribution in [0, 0.1) is 11.3 Å². The highest BCUT2D eigenvalue weighted by Crippen LogP contribution is 2.30. The summed E-state index contributed by atoms with van der Waals surface area (Å²) in [6.45, 7) is 0.349. The van der Waals surface area contributed by atoms with E-state index in [1.54, 1.807) is 21.7 Å². The third kappa shape index (κ3) is 3.03. The number of aromatic nitrogens is 1. The van der Waals surface area contributed by atoms with Gasteiger partial charge in [-0.05, 0) is 30.2 Å². The van der Waals surface area contributed by atoms with Gasteiger partial charge in [0.2, 0.25) is 0 Å². The smallest absolute Gasteiger partial charge is 0.323 e. The van der Waals surface area contributed by atoms with Crippen LogP contribution in [-0.2, 0) is 22.6 Å². The maximum absolute atomic E-state index is 13.0. The van der Waals surface area contributed by atoms with Crippen LogP contribution < -0.4 is 4.90 Å². The maximum Gasteiger partial charge on any atom is 0.323 e. The van der Waals surface area contributed by atoms with Crippen molar-refractivity contribution in [2.75, 3.05) is 11.4 Å². The van der Waals surface area contributed by atoms with Crippen LogP contribution in [0.2, 0.25) is 0 Å². The fourth-order valence-corrected chi connectivity index (χ4v) is 3.66. The molecule has 3 aromatic rings. The number of carboxylic acid groups (broad SMARTS) is 1. The van der Waals surface area contributed by atoms with Crippen LogP contribution in [0.4, 0.5) is 5.69 Å². The summed E-state index contributed by atoms with van der Waals surface area (Å²) in [6.07, 6.45) is 3.98. The molecule has 1 N–H and O–H groups in total. The van der Waals surface area contributed by atoms with Crippen molar-refractivity contribution in [3.05, 3.63) is 71.4 Å². The first kappa shape index (κ1) is 17.6. The maximum atomic E-state index is 13.0. The number of carbonyl (C=O) groups excluding carboxylic acids is 1. The number of carboxylic acids is 1. The number of para-hydroxylation sites is 2. The van der Waals surface area contributed by atoms with Gasteiger partial charge in [0, 0.05) is 34.9 Å². The van der Waals surface area contributed by atoms with E-state index >= 15 is 0 Å². The van der Waals surface area contributed by atoms with Gasteiger partial charge in [-0.15, -0.1) is 0 Å². The molecule has 4 rings (SSSR count). The Bertz CT molecular complexity index is 1170. The van der Waals surface area contributed by atoms with Gasteiger partial charge in [0.1, 0.15) is 18.2 Å². The van der Waals surface area contributed by atoms with Crippen LogP contribution in [0.1, 0.15) is 11.1 Å². The van der Waals surface area contributed by atoms with Crippen molar-refractivity contribution in [2.45, 2.75) is 13.0 Å². The molecule has 0 fully saturated rings. The molecule has 1 aromatic heterocycles. The van der Waals surface area contributed by atoms with Crippen LogP contribution in [0.25, 0.3) is 17.0 Å². The fraction of sp³-hybridized carbons (Fsp3) is 0.136. The molecular weight excluding hydrogens is 354 g/mol. The van der Waals surface area contributed by atoms with E-state index in [9.17, 15) is 14.9 Å². The van der Waals surface area contributed by atoms with Gasteiger partial charge in [-0.3, -0.25) is 9.59 Å². The molecule has 2 aromatic carbocycles. The van der Waals surface area contributed by atoms with Crippen LogP contribution in [0.15, 0.2) is 60.3 Å². The molecule has 0 spiro atoms. The van der Waals surface area contributed by atoms with Gasteiger partial charge in [-0.2, -0.15) is 5.26 Å². The van der Waals surface area contributed by atoms with Crippen molar-refractivity contribution >= 4 is 34.5 Å². The molecule has 1 aliphatic rings. The van der Waals surface area contributed by atoms with Gasteiger partial charge < -0.3 is 14.6 Å². The number of nitrogens with zero attached hydrogens (tertiary/aromatic N) is 3. The fourth-order valence-electron chi connectivity index (χ4n) is 3.66. The summed E-state index contributed by atoms with van der Waals surface area (Å²) in [5.41, 5.74) is 3.34. The van der Waals surface area contributed by atoms with Crippen LogP contribution in [0.5, 0.6) is 0 Å². The first-order valence-electron chi connectivity index (χ1n) is 8.89. The second-order valence-corrected chi connectivity index (χ2v) is 6.63. The van der Waals surface area contributed by atoms with Gasteiger partial charge in [0.05, 0.1) is 0 Å². The summed E-state index contributed by atoms with van der Waals surface area (Å²) < 4.78 is 1.61. The summed E-state index contributed by atoms with van der Waals surface area (Å²) >= 11 is 0. The van der Waals surface area contributed by atoms with Crippen molar-refractivity contribution in [2.24, 2.45) is 0 Å². The highest BCUT2D eigenvalue weighted by molar-refractivity contribution is 6.13. The lowest BCUT2D eigenvalue weighted by Crippen LogP contribution is -2.29. The number of hydrogen-bond donors (Lipinski definition) is 1. The largest absolute Gasteiger partial charge is 0.480 e. The Balaban J connectivity index is 1.74. The zero-order chi connectivity index (χ0) is 19.7. The highest BCUT2D eigenvalue weighted by atomic mass is 16.4. The molecule has 0 radical (unpaired) electrons. The van der Waals surface area contributed by atoms with E-state index in [1.165, 1.54) is 0 Å². The lowest BCUT2D eigenvalue weighted by molar-refractivity contribution is -0.137. The Kier molecular flexibility index (Phi) is 4.42. The number of amides is 1. The molecule has 0 unspecified atom stereocenters. The molecule has 28 heavy (non-hydrogen) atoms. The Morgan fingerprint density at radius 2 is 1.89 bits per heavy atom. The number of rotatable bonds is 4. The van der Waals surface area contributed by atoms with Crippen LogP contribution >= 0.6 is 0 Å². The van der Waals surface area contributed by atoms with Crippen molar-refractivity contribution in [3.63, 3.8) is 0 Å². The molecule has 1 aliphatic heterocycles. The summed E-state index contributed by atoms with van der Waals surface area (Å²) in [7, 11) is 0. The molecule has 6 heteroatoms. The molecule has 0 saturated carbocycles. The van der Waals surface area contributed by atoms with E-state index in [2.05, 4.69) is 0 Å². The van der Waals surface area contributed by atoms with Gasteiger partial charge >= 0.3 is 5.97 Å². The monoisotopic (exact) mass is 371 g/mol. The molecule has 1 amide bonds. The Labute approximate surface area is 161 Å². The zero-order valence-corrected chi connectivity index (χ0v) is 15.0. The van der Waals surface area contributed by atoms with Gasteiger partial charge in [0.15, 0.2) is 0 Å². The minimum Gasteiger partial charge on any atom is -0.480 e. The Hall–Kier alpha value is -3.85. The van der Waals surface area contributed by atoms with Crippen LogP contribution in [0.3, 0.4) is 0 Å². The Morgan fingerprint density at radius 1 is 1.14 bits per heavy atom. The molecule has 138 valence electrons. The first-order valence-corrected chi connectivity index (χ1v) is 8.89. The number of benzene rings is 2. The molecule has 0 atom stereocenters. The van der Waals surface area contributed by atoms with Gasteiger partial charge in [-0.25, -0.2) is 0 Å². The topological polar surface area (TPSA) is 86.3 Å². The summed E-state index contributed by atoms with van der Waals surface area (Å²) in [6, 6.07) is 17.0. The van der Waals surface area contributed by atoms with E-state index in [4.69, 9.17) is 5.11 Å². The SMILES string of the molecule is N#C/C(=C\c1cn(CC(=O)O)c2ccccc12)C(=O)N1CCc2ccccc21.